The fourth-order valence-electron chi connectivity index (χ4n) is 1.79. The number of rotatable bonds is 4. The van der Waals surface area contributed by atoms with E-state index in [9.17, 15) is 0 Å². The van der Waals surface area contributed by atoms with Crippen LogP contribution < -0.4 is 5.32 Å². The second-order valence-corrected chi connectivity index (χ2v) is 4.28. The third-order valence-electron chi connectivity index (χ3n) is 2.66. The molecule has 2 N–H and O–H groups in total. The molecular formula is C12H11ClN6. The average molecular weight is 275 g/mol. The minimum atomic E-state index is 0.180. The van der Waals surface area contributed by atoms with Gasteiger partial charge in [0, 0.05) is 24.9 Å². The molecule has 3 aromatic rings. The Balaban J connectivity index is 1.73. The van der Waals surface area contributed by atoms with E-state index in [1.54, 1.807) is 12.5 Å². The number of halogens is 1. The van der Waals surface area contributed by atoms with Crippen LogP contribution in [0, 0.1) is 0 Å². The lowest BCUT2D eigenvalue weighted by molar-refractivity contribution is 0.953. The van der Waals surface area contributed by atoms with Crippen LogP contribution in [0.3, 0.4) is 0 Å². The summed E-state index contributed by atoms with van der Waals surface area (Å²) < 4.78 is 0. The molecule has 0 fully saturated rings. The Morgan fingerprint density at radius 3 is 3.00 bits per heavy atom. The molecule has 3 aromatic heterocycles. The lowest BCUT2D eigenvalue weighted by Crippen LogP contribution is -2.08. The van der Waals surface area contributed by atoms with E-state index in [-0.39, 0.29) is 5.28 Å². The average Bonchev–Trinajstić information content (AvgIpc) is 2.88. The zero-order chi connectivity index (χ0) is 13.1. The number of aromatic nitrogens is 5. The summed E-state index contributed by atoms with van der Waals surface area (Å²) >= 11 is 5.85. The maximum atomic E-state index is 5.85. The summed E-state index contributed by atoms with van der Waals surface area (Å²) in [6, 6.07) is 5.85. The summed E-state index contributed by atoms with van der Waals surface area (Å²) in [5.74, 6) is 0.656. The van der Waals surface area contributed by atoms with E-state index in [2.05, 4.69) is 30.2 Å². The standard InChI is InChI=1S/C12H11ClN6/c13-12-18-10(9-11(19-12)17-7-16-9)15-6-4-8-3-1-2-5-14-8/h1-3,5,7H,4,6H2,(H2,15,16,17,18,19). The molecule has 0 amide bonds. The number of pyridine rings is 1. The van der Waals surface area contributed by atoms with Gasteiger partial charge in [0.1, 0.15) is 5.52 Å². The van der Waals surface area contributed by atoms with Crippen molar-refractivity contribution >= 4 is 28.6 Å². The van der Waals surface area contributed by atoms with Crippen LogP contribution in [0.1, 0.15) is 5.69 Å². The second kappa shape index (κ2) is 5.19. The molecule has 3 rings (SSSR count). The van der Waals surface area contributed by atoms with Crippen molar-refractivity contribution in [3.05, 3.63) is 41.7 Å². The Bertz CT molecular complexity index is 681. The molecule has 3 heterocycles. The number of imidazole rings is 1. The largest absolute Gasteiger partial charge is 0.368 e. The molecule has 0 aromatic carbocycles. The molecule has 0 radical (unpaired) electrons. The molecule has 0 aliphatic heterocycles. The number of hydrogen-bond acceptors (Lipinski definition) is 5. The van der Waals surface area contributed by atoms with Crippen molar-refractivity contribution in [1.29, 1.82) is 0 Å². The highest BCUT2D eigenvalue weighted by Gasteiger charge is 2.08. The fourth-order valence-corrected chi connectivity index (χ4v) is 1.95. The molecule has 6 nitrogen and oxygen atoms in total. The SMILES string of the molecule is Clc1nc(NCCc2ccccn2)c2[nH]cnc2n1. The van der Waals surface area contributed by atoms with Crippen LogP contribution in [-0.2, 0) is 6.42 Å². The van der Waals surface area contributed by atoms with Crippen LogP contribution in [0.5, 0.6) is 0 Å². The van der Waals surface area contributed by atoms with E-state index in [1.165, 1.54) is 0 Å². The van der Waals surface area contributed by atoms with Gasteiger partial charge < -0.3 is 10.3 Å². The van der Waals surface area contributed by atoms with Crippen LogP contribution in [0.25, 0.3) is 11.2 Å². The Morgan fingerprint density at radius 1 is 1.21 bits per heavy atom. The van der Waals surface area contributed by atoms with Gasteiger partial charge in [-0.3, -0.25) is 4.98 Å². The highest BCUT2D eigenvalue weighted by molar-refractivity contribution is 6.28. The molecule has 0 saturated carbocycles. The van der Waals surface area contributed by atoms with E-state index in [0.29, 0.717) is 18.0 Å². The van der Waals surface area contributed by atoms with E-state index in [4.69, 9.17) is 11.6 Å². The van der Waals surface area contributed by atoms with Crippen molar-refractivity contribution in [2.24, 2.45) is 0 Å². The van der Waals surface area contributed by atoms with Crippen LogP contribution in [0.4, 0.5) is 5.82 Å². The first-order chi connectivity index (χ1) is 9.33. The first kappa shape index (κ1) is 11.9. The first-order valence-corrected chi connectivity index (χ1v) is 6.21. The summed E-state index contributed by atoms with van der Waals surface area (Å²) in [7, 11) is 0. The Labute approximate surface area is 114 Å². The van der Waals surface area contributed by atoms with Crippen LogP contribution in [0.2, 0.25) is 5.28 Å². The fraction of sp³-hybridized carbons (Fsp3) is 0.167. The number of anilines is 1. The van der Waals surface area contributed by atoms with Gasteiger partial charge in [-0.25, -0.2) is 4.98 Å². The summed E-state index contributed by atoms with van der Waals surface area (Å²) in [5.41, 5.74) is 2.33. The zero-order valence-corrected chi connectivity index (χ0v) is 10.7. The number of fused-ring (bicyclic) bond motifs is 1. The van der Waals surface area contributed by atoms with Crippen molar-refractivity contribution in [1.82, 2.24) is 24.9 Å². The molecule has 0 bridgehead atoms. The second-order valence-electron chi connectivity index (χ2n) is 3.94. The van der Waals surface area contributed by atoms with Gasteiger partial charge in [-0.1, -0.05) is 6.07 Å². The van der Waals surface area contributed by atoms with Gasteiger partial charge in [-0.2, -0.15) is 9.97 Å². The number of nitrogens with zero attached hydrogens (tertiary/aromatic N) is 4. The lowest BCUT2D eigenvalue weighted by atomic mass is 10.3. The van der Waals surface area contributed by atoms with Crippen molar-refractivity contribution in [2.45, 2.75) is 6.42 Å². The maximum Gasteiger partial charge on any atom is 0.226 e. The minimum Gasteiger partial charge on any atom is -0.368 e. The van der Waals surface area contributed by atoms with Crippen molar-refractivity contribution in [3.63, 3.8) is 0 Å². The van der Waals surface area contributed by atoms with Gasteiger partial charge in [0.15, 0.2) is 11.5 Å². The highest BCUT2D eigenvalue weighted by Crippen LogP contribution is 2.18. The van der Waals surface area contributed by atoms with Crippen molar-refractivity contribution < 1.29 is 0 Å². The third kappa shape index (κ3) is 2.63. The van der Waals surface area contributed by atoms with E-state index < -0.39 is 0 Å². The summed E-state index contributed by atoms with van der Waals surface area (Å²) in [5, 5.41) is 3.40. The molecule has 0 aliphatic carbocycles. The highest BCUT2D eigenvalue weighted by atomic mass is 35.5. The number of hydrogen-bond donors (Lipinski definition) is 2. The van der Waals surface area contributed by atoms with Gasteiger partial charge in [0.2, 0.25) is 5.28 Å². The predicted molar refractivity (Wildman–Crippen MR) is 73.1 cm³/mol. The van der Waals surface area contributed by atoms with Crippen molar-refractivity contribution in [2.75, 3.05) is 11.9 Å². The summed E-state index contributed by atoms with van der Waals surface area (Å²) in [4.78, 5) is 19.5. The maximum absolute atomic E-state index is 5.85. The van der Waals surface area contributed by atoms with Gasteiger partial charge in [0.25, 0.3) is 0 Å². The topological polar surface area (TPSA) is 79.4 Å². The third-order valence-corrected chi connectivity index (χ3v) is 2.83. The number of nitrogens with one attached hydrogen (secondary N) is 2. The van der Waals surface area contributed by atoms with Gasteiger partial charge >= 0.3 is 0 Å². The van der Waals surface area contributed by atoms with Crippen LogP contribution in [-0.4, -0.2) is 31.5 Å². The van der Waals surface area contributed by atoms with E-state index in [0.717, 1.165) is 17.6 Å². The lowest BCUT2D eigenvalue weighted by Gasteiger charge is -2.06. The zero-order valence-electron chi connectivity index (χ0n) is 9.97. The quantitative estimate of drug-likeness (QED) is 0.712. The van der Waals surface area contributed by atoms with Crippen molar-refractivity contribution in [3.8, 4) is 0 Å². The number of aromatic amines is 1. The Morgan fingerprint density at radius 2 is 2.16 bits per heavy atom. The molecular weight excluding hydrogens is 264 g/mol. The molecule has 0 aliphatic rings. The molecule has 0 saturated heterocycles. The summed E-state index contributed by atoms with van der Waals surface area (Å²) in [6.07, 6.45) is 4.15. The Kier molecular flexibility index (Phi) is 3.24. The first-order valence-electron chi connectivity index (χ1n) is 5.83. The monoisotopic (exact) mass is 274 g/mol. The Hall–Kier alpha value is -2.21. The molecule has 0 unspecified atom stereocenters. The smallest absolute Gasteiger partial charge is 0.226 e. The van der Waals surface area contributed by atoms with Crippen LogP contribution in [0.15, 0.2) is 30.7 Å². The predicted octanol–water partition coefficient (Wildman–Crippen LogP) is 2.06. The number of H-pyrrole nitrogens is 1. The van der Waals surface area contributed by atoms with E-state index in [1.807, 2.05) is 18.2 Å². The van der Waals surface area contributed by atoms with E-state index >= 15 is 0 Å². The molecule has 96 valence electrons. The van der Waals surface area contributed by atoms with Crippen LogP contribution >= 0.6 is 11.6 Å². The molecule has 0 atom stereocenters. The molecule has 7 heteroatoms. The van der Waals surface area contributed by atoms with Gasteiger partial charge in [-0.15, -0.1) is 0 Å². The van der Waals surface area contributed by atoms with Gasteiger partial charge in [0.05, 0.1) is 6.33 Å². The summed E-state index contributed by atoms with van der Waals surface area (Å²) in [6.45, 7) is 0.707. The minimum absolute atomic E-state index is 0.180. The normalized spacial score (nSPS) is 10.8. The molecule has 19 heavy (non-hydrogen) atoms. The van der Waals surface area contributed by atoms with Gasteiger partial charge in [-0.05, 0) is 23.7 Å². The molecule has 0 spiro atoms.